The molecule has 0 spiro atoms. The molecule has 9 heteroatoms. The molecule has 2 amide bonds. The number of hydrogen-bond acceptors (Lipinski definition) is 6. The minimum Gasteiger partial charge on any atom is -0.456 e. The molecule has 2 aromatic carbocycles. The van der Waals surface area contributed by atoms with E-state index in [0.29, 0.717) is 28.6 Å². The third-order valence-corrected chi connectivity index (χ3v) is 4.70. The molecule has 1 aliphatic heterocycles. The van der Waals surface area contributed by atoms with Gasteiger partial charge in [-0.3, -0.25) is 14.4 Å². The first-order chi connectivity index (χ1) is 14.4. The van der Waals surface area contributed by atoms with E-state index in [1.54, 1.807) is 30.3 Å². The minimum absolute atomic E-state index is 0.115. The number of rotatable bonds is 8. The summed E-state index contributed by atoms with van der Waals surface area (Å²) in [6.45, 7) is -0.443. The SMILES string of the molecule is CN(CC(=O)Nc1ccccc1Cl)C(=O)COC(=O)CCc1ccc2c(c1)OCO2. The highest BCUT2D eigenvalue weighted by Crippen LogP contribution is 2.32. The zero-order valence-electron chi connectivity index (χ0n) is 16.4. The van der Waals surface area contributed by atoms with Crippen LogP contribution < -0.4 is 14.8 Å². The molecule has 2 aromatic rings. The van der Waals surface area contributed by atoms with Crippen LogP contribution >= 0.6 is 11.6 Å². The number of aryl methyl sites for hydroxylation is 1. The summed E-state index contributed by atoms with van der Waals surface area (Å²) in [6, 6.07) is 12.2. The molecular formula is C21H21ClN2O6. The molecule has 1 N–H and O–H groups in total. The molecule has 3 rings (SSSR count). The number of esters is 1. The third-order valence-electron chi connectivity index (χ3n) is 4.37. The highest BCUT2D eigenvalue weighted by molar-refractivity contribution is 6.33. The Morgan fingerprint density at radius 3 is 2.70 bits per heavy atom. The number of likely N-dealkylation sites (N-methyl/N-ethyl adjacent to an activating group) is 1. The summed E-state index contributed by atoms with van der Waals surface area (Å²) < 4.78 is 15.6. The van der Waals surface area contributed by atoms with Gasteiger partial charge in [-0.25, -0.2) is 0 Å². The normalized spacial score (nSPS) is 11.7. The molecule has 1 heterocycles. The highest BCUT2D eigenvalue weighted by atomic mass is 35.5. The number of amides is 2. The number of anilines is 1. The van der Waals surface area contributed by atoms with Crippen LogP contribution in [-0.2, 0) is 25.5 Å². The first-order valence-corrected chi connectivity index (χ1v) is 9.62. The maximum Gasteiger partial charge on any atom is 0.306 e. The third kappa shape index (κ3) is 5.87. The molecule has 0 saturated heterocycles. The van der Waals surface area contributed by atoms with E-state index >= 15 is 0 Å². The van der Waals surface area contributed by atoms with E-state index in [1.807, 2.05) is 12.1 Å². The fourth-order valence-corrected chi connectivity index (χ4v) is 2.91. The van der Waals surface area contributed by atoms with E-state index in [0.717, 1.165) is 5.56 Å². The Hall–Kier alpha value is -3.26. The van der Waals surface area contributed by atoms with Gasteiger partial charge in [0.15, 0.2) is 18.1 Å². The molecule has 0 atom stereocenters. The monoisotopic (exact) mass is 432 g/mol. The van der Waals surface area contributed by atoms with Crippen molar-refractivity contribution in [2.45, 2.75) is 12.8 Å². The smallest absolute Gasteiger partial charge is 0.306 e. The number of nitrogens with one attached hydrogen (secondary N) is 1. The maximum atomic E-state index is 12.1. The molecule has 0 saturated carbocycles. The minimum atomic E-state index is -0.505. The quantitative estimate of drug-likeness (QED) is 0.644. The fraction of sp³-hybridized carbons (Fsp3) is 0.286. The Bertz CT molecular complexity index is 949. The predicted molar refractivity (Wildman–Crippen MR) is 110 cm³/mol. The number of para-hydroxylation sites is 1. The van der Waals surface area contributed by atoms with E-state index < -0.39 is 24.4 Å². The van der Waals surface area contributed by atoms with Crippen molar-refractivity contribution in [3.8, 4) is 11.5 Å². The Labute approximate surface area is 178 Å². The van der Waals surface area contributed by atoms with Crippen LogP contribution in [0.1, 0.15) is 12.0 Å². The fourth-order valence-electron chi connectivity index (χ4n) is 2.72. The summed E-state index contributed by atoms with van der Waals surface area (Å²) in [5.74, 6) is -0.0787. The molecule has 8 nitrogen and oxygen atoms in total. The number of benzene rings is 2. The van der Waals surface area contributed by atoms with Gasteiger partial charge < -0.3 is 24.4 Å². The average molecular weight is 433 g/mol. The second kappa shape index (κ2) is 9.98. The number of halogens is 1. The number of fused-ring (bicyclic) bond motifs is 1. The second-order valence-corrected chi connectivity index (χ2v) is 7.03. The molecule has 0 aliphatic carbocycles. The van der Waals surface area contributed by atoms with E-state index in [-0.39, 0.29) is 19.8 Å². The van der Waals surface area contributed by atoms with E-state index in [2.05, 4.69) is 5.32 Å². The summed E-state index contributed by atoms with van der Waals surface area (Å²) in [5.41, 5.74) is 1.36. The summed E-state index contributed by atoms with van der Waals surface area (Å²) in [7, 11) is 1.45. The van der Waals surface area contributed by atoms with Crippen LogP contribution in [0.2, 0.25) is 5.02 Å². The number of hydrogen-bond donors (Lipinski definition) is 1. The van der Waals surface area contributed by atoms with Crippen molar-refractivity contribution in [1.29, 1.82) is 0 Å². The molecule has 1 aliphatic rings. The second-order valence-electron chi connectivity index (χ2n) is 6.63. The summed E-state index contributed by atoms with van der Waals surface area (Å²) in [4.78, 5) is 37.3. The van der Waals surface area contributed by atoms with Gasteiger partial charge in [0.25, 0.3) is 5.91 Å². The molecule has 0 unspecified atom stereocenters. The molecule has 0 bridgehead atoms. The number of nitrogens with zero attached hydrogens (tertiary/aromatic N) is 1. The zero-order valence-corrected chi connectivity index (χ0v) is 17.1. The van der Waals surface area contributed by atoms with Crippen LogP contribution in [0.25, 0.3) is 0 Å². The van der Waals surface area contributed by atoms with Gasteiger partial charge in [0.05, 0.1) is 17.3 Å². The zero-order chi connectivity index (χ0) is 21.5. The average Bonchev–Trinajstić information content (AvgIpc) is 3.20. The van der Waals surface area contributed by atoms with Gasteiger partial charge in [0.2, 0.25) is 12.7 Å². The molecular weight excluding hydrogens is 412 g/mol. The summed E-state index contributed by atoms with van der Waals surface area (Å²) >= 11 is 5.99. The summed E-state index contributed by atoms with van der Waals surface area (Å²) in [5, 5.41) is 3.02. The van der Waals surface area contributed by atoms with E-state index in [1.165, 1.54) is 11.9 Å². The van der Waals surface area contributed by atoms with Crippen LogP contribution in [0.4, 0.5) is 5.69 Å². The van der Waals surface area contributed by atoms with Crippen LogP contribution in [0.3, 0.4) is 0 Å². The van der Waals surface area contributed by atoms with Crippen LogP contribution in [0.5, 0.6) is 11.5 Å². The topological polar surface area (TPSA) is 94.2 Å². The Morgan fingerprint density at radius 2 is 1.90 bits per heavy atom. The highest BCUT2D eigenvalue weighted by Gasteiger charge is 2.17. The van der Waals surface area contributed by atoms with Crippen molar-refractivity contribution in [1.82, 2.24) is 4.90 Å². The van der Waals surface area contributed by atoms with Crippen molar-refractivity contribution in [2.24, 2.45) is 0 Å². The Balaban J connectivity index is 1.38. The van der Waals surface area contributed by atoms with Crippen molar-refractivity contribution in [3.63, 3.8) is 0 Å². The molecule has 30 heavy (non-hydrogen) atoms. The number of carbonyl (C=O) groups is 3. The van der Waals surface area contributed by atoms with Gasteiger partial charge in [-0.1, -0.05) is 29.8 Å². The molecule has 0 fully saturated rings. The Kier molecular flexibility index (Phi) is 7.13. The maximum absolute atomic E-state index is 12.1. The van der Waals surface area contributed by atoms with Crippen molar-refractivity contribution in [3.05, 3.63) is 53.1 Å². The Morgan fingerprint density at radius 1 is 1.13 bits per heavy atom. The lowest BCUT2D eigenvalue weighted by Crippen LogP contribution is -2.37. The number of carbonyl (C=O) groups excluding carboxylic acids is 3. The first-order valence-electron chi connectivity index (χ1n) is 9.25. The standard InChI is InChI=1S/C21H21ClN2O6/c1-24(11-19(25)23-16-5-3-2-4-15(16)22)20(26)12-28-21(27)9-7-14-6-8-17-18(10-14)30-13-29-17/h2-6,8,10H,7,9,11-13H2,1H3,(H,23,25). The largest absolute Gasteiger partial charge is 0.456 e. The number of ether oxygens (including phenoxy) is 3. The molecule has 0 aromatic heterocycles. The van der Waals surface area contributed by atoms with Crippen molar-refractivity contribution >= 4 is 35.1 Å². The lowest BCUT2D eigenvalue weighted by Gasteiger charge is -2.17. The van der Waals surface area contributed by atoms with Crippen LogP contribution in [0, 0.1) is 0 Å². The van der Waals surface area contributed by atoms with Gasteiger partial charge in [0.1, 0.15) is 0 Å². The van der Waals surface area contributed by atoms with Crippen molar-refractivity contribution < 1.29 is 28.6 Å². The van der Waals surface area contributed by atoms with Crippen molar-refractivity contribution in [2.75, 3.05) is 32.3 Å². The van der Waals surface area contributed by atoms with E-state index in [4.69, 9.17) is 25.8 Å². The van der Waals surface area contributed by atoms with Gasteiger partial charge in [-0.15, -0.1) is 0 Å². The lowest BCUT2D eigenvalue weighted by atomic mass is 10.1. The van der Waals surface area contributed by atoms with Crippen LogP contribution in [-0.4, -0.2) is 49.7 Å². The van der Waals surface area contributed by atoms with Crippen LogP contribution in [0.15, 0.2) is 42.5 Å². The summed E-state index contributed by atoms with van der Waals surface area (Å²) in [6.07, 6.45) is 0.559. The molecule has 158 valence electrons. The van der Waals surface area contributed by atoms with Gasteiger partial charge in [0, 0.05) is 13.5 Å². The predicted octanol–water partition coefficient (Wildman–Crippen LogP) is 2.64. The van der Waals surface area contributed by atoms with Gasteiger partial charge in [-0.2, -0.15) is 0 Å². The lowest BCUT2D eigenvalue weighted by molar-refractivity contribution is -0.151. The van der Waals surface area contributed by atoms with E-state index in [9.17, 15) is 14.4 Å². The van der Waals surface area contributed by atoms with Gasteiger partial charge in [-0.05, 0) is 36.2 Å². The first kappa shape index (κ1) is 21.4. The van der Waals surface area contributed by atoms with Gasteiger partial charge >= 0.3 is 5.97 Å². The molecule has 0 radical (unpaired) electrons.